The van der Waals surface area contributed by atoms with Gasteiger partial charge in [-0.1, -0.05) is 19.0 Å². The lowest BCUT2D eigenvalue weighted by molar-refractivity contribution is 0.0650. The first-order chi connectivity index (χ1) is 11.1. The van der Waals surface area contributed by atoms with Crippen LogP contribution in [0.25, 0.3) is 0 Å². The van der Waals surface area contributed by atoms with Crippen LogP contribution in [-0.4, -0.2) is 45.4 Å². The van der Waals surface area contributed by atoms with Gasteiger partial charge in [0.2, 0.25) is 0 Å². The van der Waals surface area contributed by atoms with Gasteiger partial charge in [-0.05, 0) is 36.7 Å². The Balaban J connectivity index is 1.22. The van der Waals surface area contributed by atoms with Gasteiger partial charge in [-0.2, -0.15) is 5.10 Å². The second-order valence-corrected chi connectivity index (χ2v) is 7.96. The Morgan fingerprint density at radius 2 is 2.13 bits per heavy atom. The van der Waals surface area contributed by atoms with Gasteiger partial charge < -0.3 is 9.74 Å². The van der Waals surface area contributed by atoms with E-state index in [1.54, 1.807) is 0 Å². The number of fused-ring (bicyclic) bond motifs is 1. The quantitative estimate of drug-likeness (QED) is 0.929. The Kier molecular flexibility index (Phi) is 2.58. The highest BCUT2D eigenvalue weighted by molar-refractivity contribution is 5.95. The van der Waals surface area contributed by atoms with Crippen molar-refractivity contribution in [1.29, 1.82) is 0 Å². The summed E-state index contributed by atoms with van der Waals surface area (Å²) in [6, 6.07) is 1.89. The summed E-state index contributed by atoms with van der Waals surface area (Å²) in [6.45, 7) is 5.86. The fourth-order valence-electron chi connectivity index (χ4n) is 4.23. The summed E-state index contributed by atoms with van der Waals surface area (Å²) in [5.41, 5.74) is 2.91. The van der Waals surface area contributed by atoms with Crippen LogP contribution in [-0.2, 0) is 4.84 Å². The molecule has 1 spiro atoms. The molecule has 1 saturated heterocycles. The third-order valence-corrected chi connectivity index (χ3v) is 5.97. The summed E-state index contributed by atoms with van der Waals surface area (Å²) in [4.78, 5) is 20.1. The van der Waals surface area contributed by atoms with Crippen LogP contribution in [0.5, 0.6) is 0 Å². The van der Waals surface area contributed by atoms with Crippen LogP contribution in [0.2, 0.25) is 0 Å². The van der Waals surface area contributed by atoms with Crippen LogP contribution in [0, 0.1) is 17.8 Å². The average Bonchev–Trinajstić information content (AvgIpc) is 3.16. The number of nitrogens with one attached hydrogen (secondary N) is 1. The summed E-state index contributed by atoms with van der Waals surface area (Å²) in [5, 5.41) is 11.5. The number of rotatable bonds is 3. The Hall–Kier alpha value is -1.85. The number of carbonyl (C=O) groups excluding carboxylic acids is 1. The second kappa shape index (κ2) is 4.36. The van der Waals surface area contributed by atoms with E-state index in [0.717, 1.165) is 38.0 Å². The minimum atomic E-state index is 0.0578. The first-order valence-electron chi connectivity index (χ1n) is 8.66. The number of H-pyrrole nitrogens is 1. The number of aromatic amines is 1. The van der Waals surface area contributed by atoms with Gasteiger partial charge in [-0.25, -0.2) is 0 Å². The van der Waals surface area contributed by atoms with Crippen LogP contribution in [0.3, 0.4) is 0 Å². The monoisotopic (exact) mass is 314 g/mol. The molecule has 3 atom stereocenters. The molecule has 3 heterocycles. The molecule has 1 unspecified atom stereocenters. The number of likely N-dealkylation sites (tertiary alicyclic amines) is 1. The van der Waals surface area contributed by atoms with E-state index in [9.17, 15) is 4.79 Å². The SMILES string of the molecule is CC(C)c1cc(C(=O)N2C[C@@H]3C(C4=NOC5(CC5)C4)[C@@H]3C2)n[nH]1. The van der Waals surface area contributed by atoms with Gasteiger partial charge in [0, 0.05) is 31.1 Å². The van der Waals surface area contributed by atoms with E-state index in [0.29, 0.717) is 29.4 Å². The van der Waals surface area contributed by atoms with Gasteiger partial charge in [0.05, 0.1) is 5.71 Å². The standard InChI is InChI=1S/C17H22N4O2/c1-9(2)12-5-13(19-18-12)16(22)21-7-10-11(8-21)15(10)14-6-17(3-4-17)23-20-14/h5,9-11,15H,3-4,6-8H2,1-2H3,(H,18,19)/t10-,11+,15?. The highest BCUT2D eigenvalue weighted by atomic mass is 16.7. The minimum Gasteiger partial charge on any atom is -0.389 e. The molecule has 0 bridgehead atoms. The van der Waals surface area contributed by atoms with E-state index in [-0.39, 0.29) is 11.5 Å². The van der Waals surface area contributed by atoms with Crippen LogP contribution in [0.15, 0.2) is 11.2 Å². The van der Waals surface area contributed by atoms with Crippen LogP contribution < -0.4 is 0 Å². The molecule has 5 rings (SSSR count). The predicted molar refractivity (Wildman–Crippen MR) is 84.2 cm³/mol. The smallest absolute Gasteiger partial charge is 0.274 e. The molecule has 1 amide bonds. The third kappa shape index (κ3) is 2.03. The van der Waals surface area contributed by atoms with E-state index in [1.807, 2.05) is 11.0 Å². The van der Waals surface area contributed by atoms with Gasteiger partial charge in [0.15, 0.2) is 0 Å². The van der Waals surface area contributed by atoms with Crippen molar-refractivity contribution < 1.29 is 9.63 Å². The maximum Gasteiger partial charge on any atom is 0.274 e. The molecule has 2 aliphatic heterocycles. The molecule has 6 nitrogen and oxygen atoms in total. The Morgan fingerprint density at radius 3 is 2.70 bits per heavy atom. The molecule has 4 aliphatic rings. The number of oxime groups is 1. The maximum absolute atomic E-state index is 12.6. The number of hydrogen-bond donors (Lipinski definition) is 1. The van der Waals surface area contributed by atoms with Crippen molar-refractivity contribution in [3.8, 4) is 0 Å². The molecule has 122 valence electrons. The number of carbonyl (C=O) groups is 1. The molecular formula is C17H22N4O2. The van der Waals surface area contributed by atoms with E-state index >= 15 is 0 Å². The zero-order chi connectivity index (χ0) is 15.8. The summed E-state index contributed by atoms with van der Waals surface area (Å²) < 4.78 is 0. The van der Waals surface area contributed by atoms with E-state index in [1.165, 1.54) is 5.71 Å². The van der Waals surface area contributed by atoms with Crippen molar-refractivity contribution in [3.05, 3.63) is 17.5 Å². The van der Waals surface area contributed by atoms with Crippen molar-refractivity contribution in [3.63, 3.8) is 0 Å². The van der Waals surface area contributed by atoms with Gasteiger partial charge >= 0.3 is 0 Å². The zero-order valence-corrected chi connectivity index (χ0v) is 13.6. The largest absolute Gasteiger partial charge is 0.389 e. The van der Waals surface area contributed by atoms with Gasteiger partial charge in [0.25, 0.3) is 5.91 Å². The number of nitrogens with zero attached hydrogens (tertiary/aromatic N) is 3. The third-order valence-electron chi connectivity index (χ3n) is 5.97. The van der Waals surface area contributed by atoms with Crippen molar-refractivity contribution in [2.45, 2.75) is 44.6 Å². The van der Waals surface area contributed by atoms with Crippen LogP contribution in [0.4, 0.5) is 0 Å². The summed E-state index contributed by atoms with van der Waals surface area (Å²) in [6.07, 6.45) is 3.34. The molecule has 1 aromatic rings. The van der Waals surface area contributed by atoms with Crippen molar-refractivity contribution in [2.75, 3.05) is 13.1 Å². The number of aromatic nitrogens is 2. The molecule has 0 radical (unpaired) electrons. The normalized spacial score (nSPS) is 32.9. The summed E-state index contributed by atoms with van der Waals surface area (Å²) in [7, 11) is 0. The molecule has 0 aromatic carbocycles. The van der Waals surface area contributed by atoms with Gasteiger partial charge in [-0.15, -0.1) is 0 Å². The Labute approximate surface area is 135 Å². The number of piperidine rings is 1. The molecule has 23 heavy (non-hydrogen) atoms. The Morgan fingerprint density at radius 1 is 1.39 bits per heavy atom. The highest BCUT2D eigenvalue weighted by Crippen LogP contribution is 2.57. The van der Waals surface area contributed by atoms with E-state index in [4.69, 9.17) is 4.84 Å². The van der Waals surface area contributed by atoms with Crippen molar-refractivity contribution in [1.82, 2.24) is 15.1 Å². The lowest BCUT2D eigenvalue weighted by atomic mass is 10.0. The molecule has 1 N–H and O–H groups in total. The number of hydrogen-bond acceptors (Lipinski definition) is 4. The summed E-state index contributed by atoms with van der Waals surface area (Å²) >= 11 is 0. The average molecular weight is 314 g/mol. The fraction of sp³-hybridized carbons (Fsp3) is 0.706. The molecule has 2 saturated carbocycles. The lowest BCUT2D eigenvalue weighted by Crippen LogP contribution is -2.32. The van der Waals surface area contributed by atoms with E-state index in [2.05, 4.69) is 29.2 Å². The van der Waals surface area contributed by atoms with Gasteiger partial charge in [-0.3, -0.25) is 9.89 Å². The van der Waals surface area contributed by atoms with Crippen molar-refractivity contribution in [2.24, 2.45) is 22.9 Å². The van der Waals surface area contributed by atoms with Crippen molar-refractivity contribution >= 4 is 11.6 Å². The summed E-state index contributed by atoms with van der Waals surface area (Å²) in [5.74, 6) is 2.14. The highest BCUT2D eigenvalue weighted by Gasteiger charge is 2.62. The second-order valence-electron chi connectivity index (χ2n) is 7.96. The van der Waals surface area contributed by atoms with Crippen LogP contribution in [0.1, 0.15) is 55.2 Å². The molecule has 1 aromatic heterocycles. The topological polar surface area (TPSA) is 70.6 Å². The molecule has 3 fully saturated rings. The number of amides is 1. The lowest BCUT2D eigenvalue weighted by Gasteiger charge is -2.18. The minimum absolute atomic E-state index is 0.0578. The fourth-order valence-corrected chi connectivity index (χ4v) is 4.23. The first kappa shape index (κ1) is 13.6. The molecule has 6 heteroatoms. The van der Waals surface area contributed by atoms with E-state index < -0.39 is 0 Å². The van der Waals surface area contributed by atoms with Gasteiger partial charge in [0.1, 0.15) is 11.3 Å². The maximum atomic E-state index is 12.6. The zero-order valence-electron chi connectivity index (χ0n) is 13.6. The molecule has 2 aliphatic carbocycles. The van der Waals surface area contributed by atoms with Crippen LogP contribution >= 0.6 is 0 Å². The predicted octanol–water partition coefficient (Wildman–Crippen LogP) is 2.16. The first-order valence-corrected chi connectivity index (χ1v) is 8.66. The Bertz CT molecular complexity index is 691. The molecular weight excluding hydrogens is 292 g/mol.